The molecule has 1 unspecified atom stereocenters. The molecule has 0 aromatic carbocycles. The zero-order valence-corrected chi connectivity index (χ0v) is 27.8. The lowest BCUT2D eigenvalue weighted by atomic mass is 9.90. The molecule has 2 aliphatic rings. The largest absolute Gasteiger partial charge is 0.356 e. The maximum atomic E-state index is 13.9. The third kappa shape index (κ3) is 15.7. The van der Waals surface area contributed by atoms with Crippen molar-refractivity contribution in [2.75, 3.05) is 13.2 Å². The highest BCUT2D eigenvalue weighted by Gasteiger charge is 2.58. The molecule has 1 saturated heterocycles. The van der Waals surface area contributed by atoms with Crippen LogP contribution in [0.5, 0.6) is 0 Å². The van der Waals surface area contributed by atoms with Crippen LogP contribution in [0.15, 0.2) is 18.5 Å². The number of hydrogen-bond donors (Lipinski definition) is 4. The van der Waals surface area contributed by atoms with Gasteiger partial charge >= 0.3 is 0 Å². The number of aromatic nitrogens is 4. The molecule has 1 aliphatic heterocycles. The van der Waals surface area contributed by atoms with Gasteiger partial charge in [0.2, 0.25) is 5.91 Å². The average Bonchev–Trinajstić information content (AvgIpc) is 3.47. The van der Waals surface area contributed by atoms with Crippen molar-refractivity contribution in [1.29, 1.82) is 5.41 Å². The number of aromatic amines is 1. The molecule has 1 saturated carbocycles. The number of imidazole rings is 1. The van der Waals surface area contributed by atoms with E-state index < -0.39 is 30.0 Å². The smallest absolute Gasteiger partial charge is 0.270 e. The van der Waals surface area contributed by atoms with Gasteiger partial charge in [0.05, 0.1) is 24.5 Å². The van der Waals surface area contributed by atoms with Crippen molar-refractivity contribution in [3.05, 3.63) is 35.7 Å². The van der Waals surface area contributed by atoms with E-state index >= 15 is 0 Å². The fourth-order valence-electron chi connectivity index (χ4n) is 4.15. The number of rotatable bonds is 9. The van der Waals surface area contributed by atoms with Crippen LogP contribution in [0.4, 0.5) is 13.2 Å². The number of terminal acetylenes is 1. The molecule has 3 heterocycles. The monoisotopic (exact) mass is 625 g/mol. The topological polar surface area (TPSA) is 129 Å². The number of carbonyl (C=O) groups excluding carboxylic acids is 2. The molecule has 9 nitrogen and oxygen atoms in total. The van der Waals surface area contributed by atoms with Crippen molar-refractivity contribution in [1.82, 2.24) is 30.4 Å². The molecule has 250 valence electrons. The van der Waals surface area contributed by atoms with Crippen LogP contribution in [-0.2, 0) is 11.3 Å². The lowest BCUT2D eigenvalue weighted by molar-refractivity contribution is -0.122. The van der Waals surface area contributed by atoms with Crippen LogP contribution in [0.1, 0.15) is 121 Å². The Hall–Kier alpha value is -3.62. The molecule has 2 fully saturated rings. The number of halogens is 3. The van der Waals surface area contributed by atoms with Gasteiger partial charge < -0.3 is 21.0 Å². The van der Waals surface area contributed by atoms with Crippen molar-refractivity contribution in [2.45, 2.75) is 119 Å². The first-order chi connectivity index (χ1) is 20.9. The average molecular weight is 626 g/mol. The van der Waals surface area contributed by atoms with Gasteiger partial charge in [0, 0.05) is 30.3 Å². The molecule has 0 spiro atoms. The SMILES string of the molecule is C#C.CC.CC.CC(C)=N.Cc1ncc(C(CCC2(C(C)(F)F)CC2)NC(=O)c2ccnn2CCF)[nH]1.O=C1CCCCN1. The van der Waals surface area contributed by atoms with Crippen LogP contribution >= 0.6 is 0 Å². The van der Waals surface area contributed by atoms with Crippen molar-refractivity contribution >= 4 is 17.5 Å². The van der Waals surface area contributed by atoms with Crippen molar-refractivity contribution in [2.24, 2.45) is 5.41 Å². The summed E-state index contributed by atoms with van der Waals surface area (Å²) in [5, 5.41) is 16.0. The zero-order valence-electron chi connectivity index (χ0n) is 27.8. The van der Waals surface area contributed by atoms with E-state index in [1.54, 1.807) is 27.0 Å². The number of carbonyl (C=O) groups is 2. The molecule has 0 radical (unpaired) electrons. The summed E-state index contributed by atoms with van der Waals surface area (Å²) in [5.74, 6) is -2.28. The summed E-state index contributed by atoms with van der Waals surface area (Å²) < 4.78 is 41.7. The standard InChI is InChI=1S/C18H24F3N5O.C5H9NO.C3H7N.2C2H6.C2H2/c1-12-22-11-14(24-12)13(3-5-18(6-7-18)17(2,20)21)25-16(27)15-4-9-23-26(15)10-8-19;7-5-3-1-2-4-6-5;1-3(2)4;3*1-2/h4,9,11,13H,3,5-8,10H2,1-2H3,(H,22,24)(H,25,27);1-4H2,(H,6,7);4H,1-2H3;2*1-2H3;1-2H. The Bertz CT molecular complexity index is 1090. The fraction of sp³-hybridized carbons (Fsp3) is 0.656. The highest BCUT2D eigenvalue weighted by molar-refractivity contribution is 5.92. The zero-order chi connectivity index (χ0) is 34.3. The third-order valence-corrected chi connectivity index (χ3v) is 6.50. The minimum atomic E-state index is -2.74. The van der Waals surface area contributed by atoms with E-state index in [1.807, 2.05) is 27.7 Å². The Morgan fingerprint density at radius 2 is 1.80 bits per heavy atom. The molecule has 1 atom stereocenters. The Kier molecular flexibility index (Phi) is 22.1. The van der Waals surface area contributed by atoms with Crippen LogP contribution in [0.3, 0.4) is 0 Å². The van der Waals surface area contributed by atoms with Gasteiger partial charge in [-0.3, -0.25) is 14.3 Å². The van der Waals surface area contributed by atoms with Gasteiger partial charge in [-0.2, -0.15) is 5.10 Å². The number of piperidine rings is 1. The predicted octanol–water partition coefficient (Wildman–Crippen LogP) is 7.21. The van der Waals surface area contributed by atoms with E-state index in [9.17, 15) is 22.8 Å². The van der Waals surface area contributed by atoms with Crippen molar-refractivity contribution in [3.8, 4) is 12.8 Å². The molecule has 4 N–H and O–H groups in total. The summed E-state index contributed by atoms with van der Waals surface area (Å²) in [6, 6.07) is 1.01. The maximum Gasteiger partial charge on any atom is 0.270 e. The minimum Gasteiger partial charge on any atom is -0.356 e. The Labute approximate surface area is 262 Å². The molecule has 2 aromatic rings. The van der Waals surface area contributed by atoms with E-state index in [-0.39, 0.29) is 18.1 Å². The highest BCUT2D eigenvalue weighted by atomic mass is 19.3. The van der Waals surface area contributed by atoms with Crippen LogP contribution < -0.4 is 10.6 Å². The number of hydrogen-bond acceptors (Lipinski definition) is 5. The van der Waals surface area contributed by atoms with E-state index in [4.69, 9.17) is 5.41 Å². The van der Waals surface area contributed by atoms with Gasteiger partial charge in [0.25, 0.3) is 11.8 Å². The van der Waals surface area contributed by atoms with Crippen LogP contribution in [-0.4, -0.2) is 56.4 Å². The second kappa shape index (κ2) is 22.9. The van der Waals surface area contributed by atoms with E-state index in [1.165, 1.54) is 16.9 Å². The lowest BCUT2D eigenvalue weighted by Crippen LogP contribution is -2.33. The second-order valence-electron chi connectivity index (χ2n) is 10.1. The summed E-state index contributed by atoms with van der Waals surface area (Å²) in [7, 11) is 0. The molecular weight excluding hydrogens is 571 g/mol. The summed E-state index contributed by atoms with van der Waals surface area (Å²) in [6.45, 7) is 14.5. The van der Waals surface area contributed by atoms with E-state index in [0.717, 1.165) is 32.7 Å². The van der Waals surface area contributed by atoms with Crippen molar-refractivity contribution in [3.63, 3.8) is 0 Å². The number of amides is 2. The molecule has 4 rings (SSSR count). The van der Waals surface area contributed by atoms with E-state index in [2.05, 4.69) is 38.5 Å². The normalized spacial score (nSPS) is 14.7. The number of aryl methyl sites for hydroxylation is 2. The van der Waals surface area contributed by atoms with Gasteiger partial charge in [0.15, 0.2) is 0 Å². The first-order valence-corrected chi connectivity index (χ1v) is 15.3. The number of nitrogens with zero attached hydrogens (tertiary/aromatic N) is 3. The molecule has 1 aliphatic carbocycles. The summed E-state index contributed by atoms with van der Waals surface area (Å²) in [6.07, 6.45) is 15.6. The first kappa shape index (κ1) is 42.5. The highest BCUT2D eigenvalue weighted by Crippen LogP contribution is 2.60. The van der Waals surface area contributed by atoms with Crippen LogP contribution in [0, 0.1) is 30.6 Å². The number of alkyl halides is 3. The molecule has 0 bridgehead atoms. The molecule has 44 heavy (non-hydrogen) atoms. The van der Waals surface area contributed by atoms with Crippen LogP contribution in [0.2, 0.25) is 0 Å². The lowest BCUT2D eigenvalue weighted by Gasteiger charge is -2.25. The van der Waals surface area contributed by atoms with Crippen molar-refractivity contribution < 1.29 is 22.8 Å². The first-order valence-electron chi connectivity index (χ1n) is 15.3. The maximum absolute atomic E-state index is 13.9. The predicted molar refractivity (Wildman–Crippen MR) is 172 cm³/mol. The molecule has 2 amide bonds. The van der Waals surface area contributed by atoms with E-state index in [0.29, 0.717) is 42.9 Å². The quantitative estimate of drug-likeness (QED) is 0.173. The molecular formula is C32H54F3N7O2. The molecule has 2 aromatic heterocycles. The van der Waals surface area contributed by atoms with Crippen LogP contribution in [0.25, 0.3) is 0 Å². The number of H-pyrrole nitrogens is 1. The van der Waals surface area contributed by atoms with Gasteiger partial charge in [0.1, 0.15) is 18.2 Å². The van der Waals surface area contributed by atoms with Gasteiger partial charge in [-0.25, -0.2) is 18.2 Å². The Balaban J connectivity index is 0. The van der Waals surface area contributed by atoms with Gasteiger partial charge in [-0.15, -0.1) is 12.8 Å². The number of nitrogens with one attached hydrogen (secondary N) is 4. The van der Waals surface area contributed by atoms with Gasteiger partial charge in [-0.05, 0) is 72.3 Å². The van der Waals surface area contributed by atoms with Gasteiger partial charge in [-0.1, -0.05) is 27.7 Å². The Morgan fingerprint density at radius 3 is 2.18 bits per heavy atom. The summed E-state index contributed by atoms with van der Waals surface area (Å²) >= 11 is 0. The summed E-state index contributed by atoms with van der Waals surface area (Å²) in [5.41, 5.74) is 0.574. The second-order valence-corrected chi connectivity index (χ2v) is 10.1. The Morgan fingerprint density at radius 1 is 1.20 bits per heavy atom. The fourth-order valence-corrected chi connectivity index (χ4v) is 4.15. The summed E-state index contributed by atoms with van der Waals surface area (Å²) in [4.78, 5) is 30.2. The molecule has 12 heteroatoms. The minimum absolute atomic E-state index is 0.0191. The third-order valence-electron chi connectivity index (χ3n) is 6.50.